The van der Waals surface area contributed by atoms with E-state index in [1.165, 1.54) is 0 Å². The van der Waals surface area contributed by atoms with E-state index in [0.717, 1.165) is 10.9 Å². The molecule has 0 aliphatic rings. The Hall–Kier alpha value is 0.200. The molecule has 1 heterocycles. The molecule has 0 radical (unpaired) electrons. The van der Waals surface area contributed by atoms with Crippen LogP contribution in [0.15, 0.2) is 23.2 Å². The predicted molar refractivity (Wildman–Crippen MR) is 51.4 cm³/mol. The molecule has 2 rings (SSSR count). The van der Waals surface area contributed by atoms with Crippen molar-refractivity contribution in [3.8, 4) is 0 Å². The summed E-state index contributed by atoms with van der Waals surface area (Å²) in [5, 5.41) is 5.74. The Balaban J connectivity index is 0.000000845. The van der Waals surface area contributed by atoms with Crippen molar-refractivity contribution in [3.63, 3.8) is 0 Å². The van der Waals surface area contributed by atoms with E-state index in [0.29, 0.717) is 9.92 Å². The van der Waals surface area contributed by atoms with Gasteiger partial charge in [-0.15, -0.1) is 0 Å². The third-order valence-corrected chi connectivity index (χ3v) is 2.56. The fourth-order valence-electron chi connectivity index (χ4n) is 1.16. The summed E-state index contributed by atoms with van der Waals surface area (Å²) in [4.78, 5) is 0.678. The molecule has 62 valence electrons. The molecule has 1 aromatic heterocycles. The number of hydrogen-bond donors (Lipinski definition) is 0. The molecule has 5 heteroatoms. The quantitative estimate of drug-likeness (QED) is 0.425. The SMILES string of the molecule is Cn1cc2c(Cl)c([S-])ccc2n1.[Na+]. The van der Waals surface area contributed by atoms with E-state index in [9.17, 15) is 0 Å². The van der Waals surface area contributed by atoms with Crippen molar-refractivity contribution in [1.29, 1.82) is 0 Å². The number of benzene rings is 1. The van der Waals surface area contributed by atoms with Gasteiger partial charge in [-0.1, -0.05) is 17.7 Å². The fourth-order valence-corrected chi connectivity index (χ4v) is 1.54. The van der Waals surface area contributed by atoms with Gasteiger partial charge in [0.2, 0.25) is 0 Å². The maximum Gasteiger partial charge on any atom is 1.00 e. The molecular weight excluding hydrogens is 215 g/mol. The van der Waals surface area contributed by atoms with Crippen molar-refractivity contribution in [1.82, 2.24) is 9.78 Å². The monoisotopic (exact) mass is 220 g/mol. The first-order chi connectivity index (χ1) is 5.68. The van der Waals surface area contributed by atoms with Gasteiger partial charge in [-0.3, -0.25) is 4.68 Å². The maximum absolute atomic E-state index is 5.98. The predicted octanol–water partition coefficient (Wildman–Crippen LogP) is -0.864. The number of nitrogens with zero attached hydrogens (tertiary/aromatic N) is 2. The Morgan fingerprint density at radius 3 is 2.85 bits per heavy atom. The second kappa shape index (κ2) is 4.15. The van der Waals surface area contributed by atoms with E-state index >= 15 is 0 Å². The van der Waals surface area contributed by atoms with Crippen LogP contribution in [-0.2, 0) is 19.7 Å². The van der Waals surface area contributed by atoms with Gasteiger partial charge in [-0.25, -0.2) is 0 Å². The summed E-state index contributed by atoms with van der Waals surface area (Å²) in [6.07, 6.45) is 1.87. The van der Waals surface area contributed by atoms with Crippen LogP contribution in [0, 0.1) is 0 Å². The van der Waals surface area contributed by atoms with Crippen molar-refractivity contribution >= 4 is 35.1 Å². The number of hydrogen-bond acceptors (Lipinski definition) is 2. The summed E-state index contributed by atoms with van der Waals surface area (Å²) in [6.45, 7) is 0. The Labute approximate surface area is 109 Å². The molecule has 0 bridgehead atoms. The summed E-state index contributed by atoms with van der Waals surface area (Å²) in [6, 6.07) is 3.68. The van der Waals surface area contributed by atoms with E-state index < -0.39 is 0 Å². The first-order valence-electron chi connectivity index (χ1n) is 3.47. The van der Waals surface area contributed by atoms with Gasteiger partial charge >= 0.3 is 29.6 Å². The van der Waals surface area contributed by atoms with E-state index in [1.807, 2.05) is 19.3 Å². The van der Waals surface area contributed by atoms with Crippen LogP contribution in [0.2, 0.25) is 5.02 Å². The number of aromatic nitrogens is 2. The normalized spacial score (nSPS) is 10.0. The zero-order valence-electron chi connectivity index (χ0n) is 7.41. The molecule has 0 unspecified atom stereocenters. The zero-order chi connectivity index (χ0) is 8.72. The summed E-state index contributed by atoms with van der Waals surface area (Å²) in [5.74, 6) is 0. The molecular formula is C8H6ClN2NaS. The van der Waals surface area contributed by atoms with Crippen LogP contribution >= 0.6 is 11.6 Å². The molecule has 0 aliphatic heterocycles. The second-order valence-electron chi connectivity index (χ2n) is 2.61. The van der Waals surface area contributed by atoms with Crippen LogP contribution in [-0.4, -0.2) is 9.78 Å². The summed E-state index contributed by atoms with van der Waals surface area (Å²) < 4.78 is 1.73. The third kappa shape index (κ3) is 2.00. The van der Waals surface area contributed by atoms with Crippen LogP contribution in [0.25, 0.3) is 10.9 Å². The van der Waals surface area contributed by atoms with Crippen molar-refractivity contribution in [2.45, 2.75) is 4.90 Å². The maximum atomic E-state index is 5.98. The molecule has 0 fully saturated rings. The zero-order valence-corrected chi connectivity index (χ0v) is 11.0. The minimum absolute atomic E-state index is 0. The van der Waals surface area contributed by atoms with Gasteiger partial charge in [-0.2, -0.15) is 9.99 Å². The second-order valence-corrected chi connectivity index (χ2v) is 3.43. The van der Waals surface area contributed by atoms with E-state index in [4.69, 9.17) is 24.2 Å². The van der Waals surface area contributed by atoms with Crippen molar-refractivity contribution < 1.29 is 29.6 Å². The molecule has 1 aromatic carbocycles. The Kier molecular flexibility index (Phi) is 3.60. The number of fused-ring (bicyclic) bond motifs is 1. The van der Waals surface area contributed by atoms with E-state index in [1.54, 1.807) is 10.7 Å². The molecule has 2 nitrogen and oxygen atoms in total. The van der Waals surface area contributed by atoms with Gasteiger partial charge < -0.3 is 12.6 Å². The summed E-state index contributed by atoms with van der Waals surface area (Å²) in [5.41, 5.74) is 0.885. The van der Waals surface area contributed by atoms with Gasteiger partial charge in [0.15, 0.2) is 0 Å². The topological polar surface area (TPSA) is 17.8 Å². The standard InChI is InChI=1S/C8H7ClN2S.Na/c1-11-4-5-6(10-11)2-3-7(12)8(5)9;/h2-4,12H,1H3;/q;+1/p-1. The molecule has 0 saturated carbocycles. The van der Waals surface area contributed by atoms with Crippen LogP contribution in [0.3, 0.4) is 0 Å². The van der Waals surface area contributed by atoms with Gasteiger partial charge in [-0.05, 0) is 6.07 Å². The minimum atomic E-state index is 0. The first-order valence-corrected chi connectivity index (χ1v) is 4.26. The van der Waals surface area contributed by atoms with Crippen molar-refractivity contribution in [2.75, 3.05) is 0 Å². The Bertz CT molecular complexity index is 441. The molecule has 0 amide bonds. The van der Waals surface area contributed by atoms with Gasteiger partial charge in [0.25, 0.3) is 0 Å². The van der Waals surface area contributed by atoms with Gasteiger partial charge in [0, 0.05) is 23.7 Å². The molecule has 0 atom stereocenters. The number of aryl methyl sites for hydroxylation is 1. The smallest absolute Gasteiger partial charge is 0.778 e. The average molecular weight is 221 g/mol. The number of rotatable bonds is 0. The Morgan fingerprint density at radius 1 is 1.46 bits per heavy atom. The largest absolute Gasteiger partial charge is 1.00 e. The van der Waals surface area contributed by atoms with Crippen LogP contribution in [0.5, 0.6) is 0 Å². The van der Waals surface area contributed by atoms with Crippen LogP contribution in [0.4, 0.5) is 0 Å². The van der Waals surface area contributed by atoms with Gasteiger partial charge in [0.1, 0.15) is 0 Å². The molecule has 0 saturated heterocycles. The van der Waals surface area contributed by atoms with Crippen LogP contribution in [0.1, 0.15) is 0 Å². The summed E-state index contributed by atoms with van der Waals surface area (Å²) in [7, 11) is 1.86. The van der Waals surface area contributed by atoms with Crippen molar-refractivity contribution in [2.24, 2.45) is 7.05 Å². The molecule has 0 N–H and O–H groups in total. The van der Waals surface area contributed by atoms with Gasteiger partial charge in [0.05, 0.1) is 5.52 Å². The Morgan fingerprint density at radius 2 is 2.15 bits per heavy atom. The van der Waals surface area contributed by atoms with Crippen molar-refractivity contribution in [3.05, 3.63) is 23.4 Å². The fraction of sp³-hybridized carbons (Fsp3) is 0.125. The average Bonchev–Trinajstić information content (AvgIpc) is 2.39. The van der Waals surface area contributed by atoms with E-state index in [2.05, 4.69) is 5.10 Å². The van der Waals surface area contributed by atoms with E-state index in [-0.39, 0.29) is 29.6 Å². The number of halogens is 1. The molecule has 0 spiro atoms. The summed E-state index contributed by atoms with van der Waals surface area (Å²) >= 11 is 11.0. The molecule has 2 aromatic rings. The molecule has 13 heavy (non-hydrogen) atoms. The molecule has 0 aliphatic carbocycles. The third-order valence-electron chi connectivity index (χ3n) is 1.70. The first kappa shape index (κ1) is 11.3. The minimum Gasteiger partial charge on any atom is -0.778 e. The van der Waals surface area contributed by atoms with Crippen LogP contribution < -0.4 is 29.6 Å².